The van der Waals surface area contributed by atoms with Crippen molar-refractivity contribution in [3.63, 3.8) is 0 Å². The number of anilines is 1. The minimum Gasteiger partial charge on any atom is -0.465 e. The van der Waals surface area contributed by atoms with E-state index in [2.05, 4.69) is 15.4 Å². The second-order valence-electron chi connectivity index (χ2n) is 5.67. The summed E-state index contributed by atoms with van der Waals surface area (Å²) in [5.41, 5.74) is 0.882. The van der Waals surface area contributed by atoms with Crippen LogP contribution in [0.15, 0.2) is 24.3 Å². The summed E-state index contributed by atoms with van der Waals surface area (Å²) in [6, 6.07) is 6.58. The minimum atomic E-state index is -0.461. The zero-order valence-electron chi connectivity index (χ0n) is 12.9. The average molecular weight is 304 g/mol. The van der Waals surface area contributed by atoms with Crippen molar-refractivity contribution in [2.24, 2.45) is 11.8 Å². The molecule has 2 atom stereocenters. The van der Waals surface area contributed by atoms with Crippen LogP contribution in [0.4, 0.5) is 5.69 Å². The van der Waals surface area contributed by atoms with E-state index >= 15 is 0 Å². The average Bonchev–Trinajstić information content (AvgIpc) is 3.26. The second kappa shape index (κ2) is 6.60. The normalized spacial score (nSPS) is 19.5. The molecule has 0 heterocycles. The fraction of sp³-hybridized carbons (Fsp3) is 0.438. The standard InChI is InChI=1S/C16H20N2O4/c1-9(2)17-14(19)12-8-13(12)15(20)18-11-6-4-5-10(7-11)16(21)22-3/h4-7,9,12-13H,8H2,1-3H3,(H,17,19)(H,18,20). The molecule has 0 aromatic heterocycles. The molecule has 2 amide bonds. The van der Waals surface area contributed by atoms with E-state index in [1.807, 2.05) is 13.8 Å². The van der Waals surface area contributed by atoms with Crippen molar-refractivity contribution in [1.29, 1.82) is 0 Å². The summed E-state index contributed by atoms with van der Waals surface area (Å²) in [4.78, 5) is 35.4. The SMILES string of the molecule is COC(=O)c1cccc(NC(=O)C2CC2C(=O)NC(C)C)c1. The Morgan fingerprint density at radius 3 is 2.50 bits per heavy atom. The van der Waals surface area contributed by atoms with E-state index in [-0.39, 0.29) is 29.7 Å². The molecule has 1 aliphatic carbocycles. The predicted molar refractivity (Wildman–Crippen MR) is 81.3 cm³/mol. The van der Waals surface area contributed by atoms with Gasteiger partial charge in [-0.15, -0.1) is 0 Å². The van der Waals surface area contributed by atoms with Crippen LogP contribution < -0.4 is 10.6 Å². The van der Waals surface area contributed by atoms with Gasteiger partial charge in [0, 0.05) is 11.7 Å². The predicted octanol–water partition coefficient (Wildman–Crippen LogP) is 1.57. The molecule has 1 aliphatic rings. The number of carbonyl (C=O) groups excluding carboxylic acids is 3. The van der Waals surface area contributed by atoms with Crippen LogP contribution in [-0.4, -0.2) is 30.9 Å². The molecule has 2 rings (SSSR count). The molecule has 1 aromatic rings. The molecule has 118 valence electrons. The molecular weight excluding hydrogens is 284 g/mol. The van der Waals surface area contributed by atoms with Gasteiger partial charge in [-0.05, 0) is 38.5 Å². The Kier molecular flexibility index (Phi) is 4.80. The maximum Gasteiger partial charge on any atom is 0.337 e. The van der Waals surface area contributed by atoms with E-state index in [4.69, 9.17) is 0 Å². The lowest BCUT2D eigenvalue weighted by atomic mass is 10.2. The molecule has 22 heavy (non-hydrogen) atoms. The summed E-state index contributed by atoms with van der Waals surface area (Å²) in [5.74, 6) is -1.31. The van der Waals surface area contributed by atoms with Crippen molar-refractivity contribution < 1.29 is 19.1 Å². The summed E-state index contributed by atoms with van der Waals surface area (Å²) >= 11 is 0. The first kappa shape index (κ1) is 16.0. The molecule has 0 radical (unpaired) electrons. The van der Waals surface area contributed by atoms with Crippen molar-refractivity contribution in [3.8, 4) is 0 Å². The van der Waals surface area contributed by atoms with E-state index in [0.29, 0.717) is 17.7 Å². The summed E-state index contributed by atoms with van der Waals surface area (Å²) in [7, 11) is 1.30. The van der Waals surface area contributed by atoms with Crippen molar-refractivity contribution in [3.05, 3.63) is 29.8 Å². The fourth-order valence-electron chi connectivity index (χ4n) is 2.24. The molecule has 1 fully saturated rings. The second-order valence-corrected chi connectivity index (χ2v) is 5.67. The molecule has 1 saturated carbocycles. The Labute approximate surface area is 129 Å². The Bertz CT molecular complexity index is 598. The van der Waals surface area contributed by atoms with Gasteiger partial charge in [0.1, 0.15) is 0 Å². The third-order valence-corrected chi connectivity index (χ3v) is 3.45. The van der Waals surface area contributed by atoms with E-state index in [9.17, 15) is 14.4 Å². The van der Waals surface area contributed by atoms with Gasteiger partial charge in [0.15, 0.2) is 0 Å². The van der Waals surface area contributed by atoms with Gasteiger partial charge >= 0.3 is 5.97 Å². The molecule has 0 bridgehead atoms. The topological polar surface area (TPSA) is 84.5 Å². The lowest BCUT2D eigenvalue weighted by Crippen LogP contribution is -2.32. The van der Waals surface area contributed by atoms with Gasteiger partial charge in [-0.1, -0.05) is 6.07 Å². The van der Waals surface area contributed by atoms with Crippen LogP contribution in [0.3, 0.4) is 0 Å². The van der Waals surface area contributed by atoms with E-state index in [1.165, 1.54) is 7.11 Å². The van der Waals surface area contributed by atoms with Gasteiger partial charge in [0.05, 0.1) is 24.5 Å². The number of esters is 1. The maximum absolute atomic E-state index is 12.1. The Hall–Kier alpha value is -2.37. The fourth-order valence-corrected chi connectivity index (χ4v) is 2.24. The summed E-state index contributed by atoms with van der Waals surface area (Å²) < 4.78 is 4.64. The zero-order chi connectivity index (χ0) is 16.3. The molecule has 2 N–H and O–H groups in total. The number of amides is 2. The maximum atomic E-state index is 12.1. The Morgan fingerprint density at radius 2 is 1.86 bits per heavy atom. The summed E-state index contributed by atoms with van der Waals surface area (Å²) in [6.07, 6.45) is 0.557. The highest BCUT2D eigenvalue weighted by atomic mass is 16.5. The van der Waals surface area contributed by atoms with Crippen molar-refractivity contribution in [2.75, 3.05) is 12.4 Å². The number of hydrogen-bond acceptors (Lipinski definition) is 4. The van der Waals surface area contributed by atoms with Gasteiger partial charge in [0.2, 0.25) is 11.8 Å². The lowest BCUT2D eigenvalue weighted by Gasteiger charge is -2.08. The largest absolute Gasteiger partial charge is 0.465 e. The highest BCUT2D eigenvalue weighted by Gasteiger charge is 2.48. The van der Waals surface area contributed by atoms with Crippen molar-refractivity contribution in [1.82, 2.24) is 5.32 Å². The van der Waals surface area contributed by atoms with E-state index in [0.717, 1.165) is 0 Å². The van der Waals surface area contributed by atoms with Crippen LogP contribution in [0.2, 0.25) is 0 Å². The molecule has 6 nitrogen and oxygen atoms in total. The van der Waals surface area contributed by atoms with Crippen LogP contribution in [0.5, 0.6) is 0 Å². The molecule has 6 heteroatoms. The van der Waals surface area contributed by atoms with E-state index < -0.39 is 5.97 Å². The van der Waals surface area contributed by atoms with Crippen LogP contribution in [0, 0.1) is 11.8 Å². The first-order chi connectivity index (χ1) is 10.4. The van der Waals surface area contributed by atoms with Crippen LogP contribution in [0.1, 0.15) is 30.6 Å². The van der Waals surface area contributed by atoms with Gasteiger partial charge in [-0.3, -0.25) is 9.59 Å². The number of carbonyl (C=O) groups is 3. The Morgan fingerprint density at radius 1 is 1.18 bits per heavy atom. The number of rotatable bonds is 5. The molecule has 0 aliphatic heterocycles. The number of ether oxygens (including phenoxy) is 1. The number of methoxy groups -OCH3 is 1. The first-order valence-corrected chi connectivity index (χ1v) is 7.22. The highest BCUT2D eigenvalue weighted by Crippen LogP contribution is 2.39. The van der Waals surface area contributed by atoms with Gasteiger partial charge < -0.3 is 15.4 Å². The minimum absolute atomic E-state index is 0.0635. The number of hydrogen-bond donors (Lipinski definition) is 2. The zero-order valence-corrected chi connectivity index (χ0v) is 12.9. The van der Waals surface area contributed by atoms with Crippen LogP contribution in [-0.2, 0) is 14.3 Å². The van der Waals surface area contributed by atoms with Gasteiger partial charge in [-0.25, -0.2) is 4.79 Å². The summed E-state index contributed by atoms with van der Waals surface area (Å²) in [6.45, 7) is 3.77. The first-order valence-electron chi connectivity index (χ1n) is 7.22. The van der Waals surface area contributed by atoms with Crippen LogP contribution in [0.25, 0.3) is 0 Å². The molecule has 1 aromatic carbocycles. The van der Waals surface area contributed by atoms with Crippen LogP contribution >= 0.6 is 0 Å². The lowest BCUT2D eigenvalue weighted by molar-refractivity contribution is -0.125. The molecular formula is C16H20N2O4. The highest BCUT2D eigenvalue weighted by molar-refractivity contribution is 6.00. The Balaban J connectivity index is 1.94. The smallest absolute Gasteiger partial charge is 0.337 e. The summed E-state index contributed by atoms with van der Waals surface area (Å²) in [5, 5.41) is 5.54. The third-order valence-electron chi connectivity index (χ3n) is 3.45. The van der Waals surface area contributed by atoms with Gasteiger partial charge in [-0.2, -0.15) is 0 Å². The molecule has 2 unspecified atom stereocenters. The number of benzene rings is 1. The van der Waals surface area contributed by atoms with E-state index in [1.54, 1.807) is 24.3 Å². The quantitative estimate of drug-likeness (QED) is 0.809. The molecule has 0 saturated heterocycles. The van der Waals surface area contributed by atoms with Crippen molar-refractivity contribution in [2.45, 2.75) is 26.3 Å². The molecule has 0 spiro atoms. The van der Waals surface area contributed by atoms with Gasteiger partial charge in [0.25, 0.3) is 0 Å². The van der Waals surface area contributed by atoms with Crippen molar-refractivity contribution >= 4 is 23.5 Å². The monoisotopic (exact) mass is 304 g/mol. The third kappa shape index (κ3) is 3.84. The number of nitrogens with one attached hydrogen (secondary N) is 2.